The molecule has 1 fully saturated rings. The van der Waals surface area contributed by atoms with Gasteiger partial charge in [-0.05, 0) is 38.0 Å². The number of nitrogens with zero attached hydrogens (tertiary/aromatic N) is 1. The van der Waals surface area contributed by atoms with E-state index < -0.39 is 10.0 Å². The molecule has 0 aliphatic carbocycles. The first-order chi connectivity index (χ1) is 9.96. The van der Waals surface area contributed by atoms with Crippen LogP contribution in [0.3, 0.4) is 0 Å². The van der Waals surface area contributed by atoms with E-state index in [1.54, 1.807) is 12.1 Å². The van der Waals surface area contributed by atoms with Crippen molar-refractivity contribution in [3.63, 3.8) is 0 Å². The van der Waals surface area contributed by atoms with Gasteiger partial charge in [-0.25, -0.2) is 8.42 Å². The van der Waals surface area contributed by atoms with E-state index in [1.165, 1.54) is 24.4 Å². The second-order valence-electron chi connectivity index (χ2n) is 5.24. The molecule has 0 spiro atoms. The molecule has 0 bridgehead atoms. The van der Waals surface area contributed by atoms with Gasteiger partial charge in [-0.3, -0.25) is 4.79 Å². The van der Waals surface area contributed by atoms with Crippen LogP contribution >= 0.6 is 0 Å². The molecule has 1 aromatic carbocycles. The van der Waals surface area contributed by atoms with Crippen molar-refractivity contribution in [3.8, 4) is 5.75 Å². The summed E-state index contributed by atoms with van der Waals surface area (Å²) in [5.41, 5.74) is 0.379. The molecule has 1 aliphatic heterocycles. The molecule has 0 aromatic heterocycles. The molecule has 1 heterocycles. The molecule has 0 unspecified atom stereocenters. The predicted octanol–water partition coefficient (Wildman–Crippen LogP) is 2.46. The lowest BCUT2D eigenvalue weighted by Gasteiger charge is -2.21. The van der Waals surface area contributed by atoms with Crippen molar-refractivity contribution in [2.45, 2.75) is 37.5 Å². The zero-order chi connectivity index (χ0) is 15.5. The molecule has 1 aromatic rings. The molecule has 0 atom stereocenters. The number of benzene rings is 1. The van der Waals surface area contributed by atoms with Crippen LogP contribution < -0.4 is 4.74 Å². The monoisotopic (exact) mass is 311 g/mol. The van der Waals surface area contributed by atoms with E-state index in [-0.39, 0.29) is 16.4 Å². The largest absolute Gasteiger partial charge is 0.495 e. The fourth-order valence-corrected chi connectivity index (χ4v) is 4.22. The normalized spacial score (nSPS) is 17.2. The van der Waals surface area contributed by atoms with Crippen LogP contribution in [-0.2, 0) is 10.0 Å². The second-order valence-corrected chi connectivity index (χ2v) is 7.15. The zero-order valence-corrected chi connectivity index (χ0v) is 13.3. The molecule has 1 saturated heterocycles. The Labute approximate surface area is 126 Å². The van der Waals surface area contributed by atoms with Gasteiger partial charge in [-0.1, -0.05) is 12.8 Å². The van der Waals surface area contributed by atoms with Crippen molar-refractivity contribution in [1.82, 2.24) is 4.31 Å². The van der Waals surface area contributed by atoms with Crippen molar-refractivity contribution in [1.29, 1.82) is 0 Å². The van der Waals surface area contributed by atoms with Gasteiger partial charge in [0, 0.05) is 18.7 Å². The minimum atomic E-state index is -3.63. The molecular formula is C15H21NO4S. The lowest BCUT2D eigenvalue weighted by molar-refractivity contribution is 0.101. The third-order valence-corrected chi connectivity index (χ3v) is 5.67. The maximum Gasteiger partial charge on any atom is 0.246 e. The number of hydrogen-bond acceptors (Lipinski definition) is 4. The SMILES string of the molecule is COc1ccc(C(C)=O)cc1S(=O)(=O)N1CCCCCC1. The van der Waals surface area contributed by atoms with Crippen LogP contribution in [0.5, 0.6) is 5.75 Å². The highest BCUT2D eigenvalue weighted by atomic mass is 32.2. The molecule has 6 heteroatoms. The van der Waals surface area contributed by atoms with Crippen molar-refractivity contribution in [2.75, 3.05) is 20.2 Å². The number of carbonyl (C=O) groups excluding carboxylic acids is 1. The van der Waals surface area contributed by atoms with E-state index in [0.29, 0.717) is 18.7 Å². The summed E-state index contributed by atoms with van der Waals surface area (Å²) >= 11 is 0. The first-order valence-electron chi connectivity index (χ1n) is 7.16. The molecule has 21 heavy (non-hydrogen) atoms. The van der Waals surface area contributed by atoms with E-state index in [0.717, 1.165) is 25.7 Å². The summed E-state index contributed by atoms with van der Waals surface area (Å²) in [6, 6.07) is 4.55. The highest BCUT2D eigenvalue weighted by molar-refractivity contribution is 7.89. The van der Waals surface area contributed by atoms with E-state index in [1.807, 2.05) is 0 Å². The molecule has 116 valence electrons. The maximum absolute atomic E-state index is 12.8. The summed E-state index contributed by atoms with van der Waals surface area (Å²) < 4.78 is 32.3. The van der Waals surface area contributed by atoms with Gasteiger partial charge in [0.1, 0.15) is 10.6 Å². The Morgan fingerprint density at radius 1 is 1.14 bits per heavy atom. The molecule has 5 nitrogen and oxygen atoms in total. The highest BCUT2D eigenvalue weighted by Gasteiger charge is 2.28. The van der Waals surface area contributed by atoms with Crippen molar-refractivity contribution in [3.05, 3.63) is 23.8 Å². The standard InChI is InChI=1S/C15H21NO4S/c1-12(17)13-7-8-14(20-2)15(11-13)21(18,19)16-9-5-3-4-6-10-16/h7-8,11H,3-6,9-10H2,1-2H3. The Bertz CT molecular complexity index is 617. The average molecular weight is 311 g/mol. The Balaban J connectivity index is 2.46. The minimum Gasteiger partial charge on any atom is -0.495 e. The topological polar surface area (TPSA) is 63.7 Å². The Kier molecular flexibility index (Phi) is 5.00. The fourth-order valence-electron chi connectivity index (χ4n) is 2.52. The van der Waals surface area contributed by atoms with Crippen LogP contribution in [0, 0.1) is 0 Å². The molecule has 1 aliphatic rings. The van der Waals surface area contributed by atoms with Gasteiger partial charge in [0.05, 0.1) is 7.11 Å². The average Bonchev–Trinajstić information content (AvgIpc) is 2.76. The first-order valence-corrected chi connectivity index (χ1v) is 8.60. The Hall–Kier alpha value is -1.40. The van der Waals surface area contributed by atoms with Crippen LogP contribution in [-0.4, -0.2) is 38.7 Å². The van der Waals surface area contributed by atoms with E-state index in [9.17, 15) is 13.2 Å². The van der Waals surface area contributed by atoms with Crippen LogP contribution in [0.1, 0.15) is 43.0 Å². The van der Waals surface area contributed by atoms with E-state index in [2.05, 4.69) is 0 Å². The lowest BCUT2D eigenvalue weighted by Crippen LogP contribution is -2.32. The minimum absolute atomic E-state index is 0.0830. The summed E-state index contributed by atoms with van der Waals surface area (Å²) in [6.07, 6.45) is 3.84. The van der Waals surface area contributed by atoms with Gasteiger partial charge in [0.15, 0.2) is 5.78 Å². The summed E-state index contributed by atoms with van der Waals surface area (Å²) in [5, 5.41) is 0. The van der Waals surface area contributed by atoms with Gasteiger partial charge < -0.3 is 4.74 Å². The summed E-state index contributed by atoms with van der Waals surface area (Å²) in [5.74, 6) is 0.120. The van der Waals surface area contributed by atoms with Gasteiger partial charge in [0.25, 0.3) is 0 Å². The van der Waals surface area contributed by atoms with Gasteiger partial charge in [-0.15, -0.1) is 0 Å². The number of ether oxygens (including phenoxy) is 1. The van der Waals surface area contributed by atoms with Crippen LogP contribution in [0.2, 0.25) is 0 Å². The lowest BCUT2D eigenvalue weighted by atomic mass is 10.1. The fraction of sp³-hybridized carbons (Fsp3) is 0.533. The summed E-state index contributed by atoms with van der Waals surface area (Å²) in [4.78, 5) is 11.6. The van der Waals surface area contributed by atoms with Gasteiger partial charge in [-0.2, -0.15) is 4.31 Å². The number of hydrogen-bond donors (Lipinski definition) is 0. The number of carbonyl (C=O) groups is 1. The number of methoxy groups -OCH3 is 1. The third kappa shape index (κ3) is 3.44. The highest BCUT2D eigenvalue weighted by Crippen LogP contribution is 2.29. The van der Waals surface area contributed by atoms with Crippen LogP contribution in [0.25, 0.3) is 0 Å². The molecule has 2 rings (SSSR count). The molecule has 0 amide bonds. The number of sulfonamides is 1. The molecule has 0 radical (unpaired) electrons. The first kappa shape index (κ1) is 16.0. The number of Topliss-reactive ketones (excluding diaryl/α,β-unsaturated/α-hetero) is 1. The Morgan fingerprint density at radius 3 is 2.29 bits per heavy atom. The third-order valence-electron chi connectivity index (χ3n) is 3.75. The van der Waals surface area contributed by atoms with Crippen molar-refractivity contribution in [2.24, 2.45) is 0 Å². The molecule has 0 N–H and O–H groups in total. The van der Waals surface area contributed by atoms with Crippen LogP contribution in [0.4, 0.5) is 0 Å². The van der Waals surface area contributed by atoms with Gasteiger partial charge >= 0.3 is 0 Å². The van der Waals surface area contributed by atoms with E-state index >= 15 is 0 Å². The van der Waals surface area contributed by atoms with E-state index in [4.69, 9.17) is 4.74 Å². The van der Waals surface area contributed by atoms with Gasteiger partial charge in [0.2, 0.25) is 10.0 Å². The maximum atomic E-state index is 12.8. The second kappa shape index (κ2) is 6.58. The molecule has 0 saturated carbocycles. The summed E-state index contributed by atoms with van der Waals surface area (Å²) in [7, 11) is -2.19. The summed E-state index contributed by atoms with van der Waals surface area (Å²) in [6.45, 7) is 2.47. The van der Waals surface area contributed by atoms with Crippen molar-refractivity contribution >= 4 is 15.8 Å². The predicted molar refractivity (Wildman–Crippen MR) is 80.2 cm³/mol. The van der Waals surface area contributed by atoms with Crippen LogP contribution in [0.15, 0.2) is 23.1 Å². The quantitative estimate of drug-likeness (QED) is 0.801. The van der Waals surface area contributed by atoms with Crippen molar-refractivity contribution < 1.29 is 17.9 Å². The smallest absolute Gasteiger partial charge is 0.246 e. The number of ketones is 1. The molecular weight excluding hydrogens is 290 g/mol. The Morgan fingerprint density at radius 2 is 1.76 bits per heavy atom. The zero-order valence-electron chi connectivity index (χ0n) is 12.5. The number of rotatable bonds is 4.